The zero-order valence-corrected chi connectivity index (χ0v) is 16.3. The van der Waals surface area contributed by atoms with E-state index >= 15 is 0 Å². The average Bonchev–Trinajstić information content (AvgIpc) is 3.15. The third-order valence-corrected chi connectivity index (χ3v) is 6.44. The largest absolute Gasteiger partial charge is 0.328 e. The molecule has 0 amide bonds. The van der Waals surface area contributed by atoms with E-state index in [9.17, 15) is 9.59 Å². The topological polar surface area (TPSA) is 74.2 Å². The Morgan fingerprint density at radius 3 is 2.52 bits per heavy atom. The summed E-state index contributed by atoms with van der Waals surface area (Å²) in [6, 6.07) is 4.02. The first-order valence-corrected chi connectivity index (χ1v) is 10.1. The first-order chi connectivity index (χ1) is 13.0. The lowest BCUT2D eigenvalue weighted by molar-refractivity contribution is 0.0138. The third-order valence-electron chi connectivity index (χ3n) is 6.44. The second-order valence-electron chi connectivity index (χ2n) is 8.27. The molecular weight excluding hydrogens is 342 g/mol. The highest BCUT2D eigenvalue weighted by atomic mass is 16.2. The smallest absolute Gasteiger partial charge is 0.305 e. The van der Waals surface area contributed by atoms with Crippen LogP contribution in [0.1, 0.15) is 39.5 Å². The Bertz CT molecular complexity index is 918. The van der Waals surface area contributed by atoms with Gasteiger partial charge in [0.05, 0.1) is 5.52 Å². The fourth-order valence-corrected chi connectivity index (χ4v) is 4.84. The highest BCUT2D eigenvalue weighted by molar-refractivity contribution is 5.71. The van der Waals surface area contributed by atoms with Crippen molar-refractivity contribution in [2.45, 2.75) is 57.7 Å². The van der Waals surface area contributed by atoms with E-state index in [4.69, 9.17) is 0 Å². The zero-order chi connectivity index (χ0) is 19.0. The van der Waals surface area contributed by atoms with Crippen molar-refractivity contribution < 1.29 is 0 Å². The van der Waals surface area contributed by atoms with E-state index < -0.39 is 0 Å². The SMILES string of the molecule is CC(C)N1CCN(C2(Cn3c(=O)[nH]c4cccnc4c3=O)CCCC2)CC1. The molecule has 0 bridgehead atoms. The maximum Gasteiger partial charge on any atom is 0.328 e. The van der Waals surface area contributed by atoms with Gasteiger partial charge in [-0.25, -0.2) is 9.78 Å². The van der Waals surface area contributed by atoms with Crippen molar-refractivity contribution in [3.63, 3.8) is 0 Å². The second-order valence-corrected chi connectivity index (χ2v) is 8.27. The Kier molecular flexibility index (Phi) is 4.90. The molecule has 0 unspecified atom stereocenters. The van der Waals surface area contributed by atoms with Gasteiger partial charge in [-0.1, -0.05) is 12.8 Å². The summed E-state index contributed by atoms with van der Waals surface area (Å²) in [5, 5.41) is 0. The van der Waals surface area contributed by atoms with Gasteiger partial charge in [-0.3, -0.25) is 19.2 Å². The van der Waals surface area contributed by atoms with Gasteiger partial charge < -0.3 is 4.98 Å². The lowest BCUT2D eigenvalue weighted by atomic mass is 9.93. The Balaban J connectivity index is 1.66. The molecule has 1 aliphatic heterocycles. The van der Waals surface area contributed by atoms with Crippen molar-refractivity contribution in [3.05, 3.63) is 39.2 Å². The maximum absolute atomic E-state index is 13.0. The number of aromatic nitrogens is 3. The van der Waals surface area contributed by atoms with E-state index in [1.54, 1.807) is 18.3 Å². The Hall–Kier alpha value is -1.99. The van der Waals surface area contributed by atoms with Gasteiger partial charge in [-0.15, -0.1) is 0 Å². The van der Waals surface area contributed by atoms with Crippen molar-refractivity contribution in [1.82, 2.24) is 24.3 Å². The monoisotopic (exact) mass is 371 g/mol. The highest BCUT2D eigenvalue weighted by Gasteiger charge is 2.41. The summed E-state index contributed by atoms with van der Waals surface area (Å²) in [6.45, 7) is 9.01. The molecule has 27 heavy (non-hydrogen) atoms. The standard InChI is InChI=1S/C20H29N5O2/c1-15(2)23-10-12-24(13-11-23)20(7-3-4-8-20)14-25-18(26)17-16(22-19(25)27)6-5-9-21-17/h5-6,9,15H,3-4,7-8,10-14H2,1-2H3,(H,22,27). The van der Waals surface area contributed by atoms with E-state index in [2.05, 4.69) is 33.6 Å². The number of nitrogens with zero attached hydrogens (tertiary/aromatic N) is 4. The molecule has 0 atom stereocenters. The van der Waals surface area contributed by atoms with Gasteiger partial charge in [0.2, 0.25) is 0 Å². The molecule has 0 radical (unpaired) electrons. The average molecular weight is 371 g/mol. The van der Waals surface area contributed by atoms with Gasteiger partial charge in [0.25, 0.3) is 5.56 Å². The van der Waals surface area contributed by atoms with Crippen molar-refractivity contribution in [1.29, 1.82) is 0 Å². The van der Waals surface area contributed by atoms with Crippen LogP contribution in [0.4, 0.5) is 0 Å². The summed E-state index contributed by atoms with van der Waals surface area (Å²) in [5.41, 5.74) is 0.154. The molecule has 1 saturated carbocycles. The van der Waals surface area contributed by atoms with Crippen LogP contribution in [0.25, 0.3) is 11.0 Å². The molecule has 2 aromatic rings. The van der Waals surface area contributed by atoms with Crippen LogP contribution in [0.3, 0.4) is 0 Å². The van der Waals surface area contributed by atoms with Crippen molar-refractivity contribution >= 4 is 11.0 Å². The lowest BCUT2D eigenvalue weighted by Gasteiger charge is -2.47. The summed E-state index contributed by atoms with van der Waals surface area (Å²) in [4.78, 5) is 37.7. The Morgan fingerprint density at radius 2 is 1.85 bits per heavy atom. The number of nitrogens with one attached hydrogen (secondary N) is 1. The number of aromatic amines is 1. The number of piperazine rings is 1. The molecule has 1 saturated heterocycles. The van der Waals surface area contributed by atoms with Crippen molar-refractivity contribution in [3.8, 4) is 0 Å². The molecule has 3 heterocycles. The predicted molar refractivity (Wildman–Crippen MR) is 106 cm³/mol. The molecule has 4 rings (SSSR count). The maximum atomic E-state index is 13.0. The van der Waals surface area contributed by atoms with E-state index in [1.165, 1.54) is 4.57 Å². The molecule has 1 N–H and O–H groups in total. The Labute approximate surface area is 159 Å². The normalized spacial score (nSPS) is 21.3. The molecular formula is C20H29N5O2. The van der Waals surface area contributed by atoms with Crippen LogP contribution in [-0.4, -0.2) is 62.1 Å². The first-order valence-electron chi connectivity index (χ1n) is 10.1. The van der Waals surface area contributed by atoms with Gasteiger partial charge in [-0.05, 0) is 38.8 Å². The number of rotatable bonds is 4. The van der Waals surface area contributed by atoms with E-state index in [1.807, 2.05) is 0 Å². The van der Waals surface area contributed by atoms with E-state index in [0.717, 1.165) is 51.9 Å². The van der Waals surface area contributed by atoms with E-state index in [-0.39, 0.29) is 16.8 Å². The van der Waals surface area contributed by atoms with Crippen LogP contribution in [0.5, 0.6) is 0 Å². The number of fused-ring (bicyclic) bond motifs is 1. The predicted octanol–water partition coefficient (Wildman–Crippen LogP) is 1.42. The summed E-state index contributed by atoms with van der Waals surface area (Å²) in [5.74, 6) is 0. The highest BCUT2D eigenvalue weighted by Crippen LogP contribution is 2.37. The van der Waals surface area contributed by atoms with E-state index in [0.29, 0.717) is 23.6 Å². The fourth-order valence-electron chi connectivity index (χ4n) is 4.84. The van der Waals surface area contributed by atoms with Crippen LogP contribution < -0.4 is 11.2 Å². The minimum atomic E-state index is -0.326. The van der Waals surface area contributed by atoms with Gasteiger partial charge in [0.15, 0.2) is 5.52 Å². The fraction of sp³-hybridized carbons (Fsp3) is 0.650. The summed E-state index contributed by atoms with van der Waals surface area (Å²) >= 11 is 0. The minimum Gasteiger partial charge on any atom is -0.305 e. The van der Waals surface area contributed by atoms with Crippen LogP contribution >= 0.6 is 0 Å². The Morgan fingerprint density at radius 1 is 1.15 bits per heavy atom. The second kappa shape index (κ2) is 7.20. The number of hydrogen-bond acceptors (Lipinski definition) is 5. The summed E-state index contributed by atoms with van der Waals surface area (Å²) < 4.78 is 1.38. The van der Waals surface area contributed by atoms with Gasteiger partial charge >= 0.3 is 5.69 Å². The van der Waals surface area contributed by atoms with Gasteiger partial charge in [-0.2, -0.15) is 0 Å². The molecule has 7 heteroatoms. The van der Waals surface area contributed by atoms with Crippen LogP contribution in [0.2, 0.25) is 0 Å². The number of hydrogen-bond donors (Lipinski definition) is 1. The van der Waals surface area contributed by atoms with Gasteiger partial charge in [0.1, 0.15) is 0 Å². The van der Waals surface area contributed by atoms with Crippen LogP contribution in [-0.2, 0) is 6.54 Å². The molecule has 2 fully saturated rings. The number of H-pyrrole nitrogens is 1. The minimum absolute atomic E-state index is 0.0949. The van der Waals surface area contributed by atoms with Crippen molar-refractivity contribution in [2.75, 3.05) is 26.2 Å². The molecule has 2 aromatic heterocycles. The van der Waals surface area contributed by atoms with Gasteiger partial charge in [0, 0.05) is 50.5 Å². The molecule has 7 nitrogen and oxygen atoms in total. The zero-order valence-electron chi connectivity index (χ0n) is 16.3. The molecule has 0 aromatic carbocycles. The van der Waals surface area contributed by atoms with Crippen molar-refractivity contribution in [2.24, 2.45) is 0 Å². The molecule has 2 aliphatic rings. The third kappa shape index (κ3) is 3.34. The lowest BCUT2D eigenvalue weighted by Crippen LogP contribution is -2.60. The summed E-state index contributed by atoms with van der Waals surface area (Å²) in [7, 11) is 0. The first kappa shape index (κ1) is 18.4. The number of pyridine rings is 1. The summed E-state index contributed by atoms with van der Waals surface area (Å²) in [6.07, 6.45) is 6.00. The quantitative estimate of drug-likeness (QED) is 0.880. The molecule has 146 valence electrons. The van der Waals surface area contributed by atoms with Crippen LogP contribution in [0.15, 0.2) is 27.9 Å². The molecule has 1 aliphatic carbocycles. The molecule has 0 spiro atoms. The van der Waals surface area contributed by atoms with Crippen LogP contribution in [0, 0.1) is 0 Å².